The lowest BCUT2D eigenvalue weighted by molar-refractivity contribution is 0.579. The average molecular weight is 358 g/mol. The molecule has 0 spiro atoms. The zero-order valence-corrected chi connectivity index (χ0v) is 13.9. The molecule has 2 rings (SSSR count). The van der Waals surface area contributed by atoms with E-state index in [2.05, 4.69) is 25.8 Å². The number of hydrogen-bond acceptors (Lipinski definition) is 3. The van der Waals surface area contributed by atoms with E-state index in [1.807, 2.05) is 24.3 Å². The molecule has 0 saturated carbocycles. The van der Waals surface area contributed by atoms with E-state index in [4.69, 9.17) is 0 Å². The molecule has 7 heteroatoms. The maximum atomic E-state index is 12.4. The fourth-order valence-corrected chi connectivity index (χ4v) is 3.90. The molecule has 2 aromatic rings. The highest BCUT2D eigenvalue weighted by Gasteiger charge is 2.23. The molecule has 5 nitrogen and oxygen atoms in total. The number of nitrogens with zero attached hydrogens (tertiary/aromatic N) is 2. The molecule has 1 aromatic heterocycles. The number of benzene rings is 1. The van der Waals surface area contributed by atoms with Gasteiger partial charge in [-0.2, -0.15) is 5.10 Å². The standard InChI is InChI=1S/C13H16BrN3O2S/c1-9-13(10(2)17(3)16-9)20(18,19)15-8-11-6-4-5-7-12(11)14/h4-7,15H,8H2,1-3H3. The van der Waals surface area contributed by atoms with Crippen molar-refractivity contribution in [2.24, 2.45) is 7.05 Å². The monoisotopic (exact) mass is 357 g/mol. The van der Waals surface area contributed by atoms with Crippen LogP contribution in [-0.2, 0) is 23.6 Å². The van der Waals surface area contributed by atoms with Crippen molar-refractivity contribution >= 4 is 26.0 Å². The van der Waals surface area contributed by atoms with Crippen molar-refractivity contribution in [3.8, 4) is 0 Å². The van der Waals surface area contributed by atoms with E-state index in [0.717, 1.165) is 10.0 Å². The number of aryl methyl sites for hydroxylation is 2. The second-order valence-electron chi connectivity index (χ2n) is 4.54. The summed E-state index contributed by atoms with van der Waals surface area (Å²) in [7, 11) is -1.84. The maximum Gasteiger partial charge on any atom is 0.244 e. The van der Waals surface area contributed by atoms with Crippen LogP contribution in [-0.4, -0.2) is 18.2 Å². The highest BCUT2D eigenvalue weighted by atomic mass is 79.9. The Morgan fingerprint density at radius 2 is 1.95 bits per heavy atom. The lowest BCUT2D eigenvalue weighted by Gasteiger charge is -2.08. The molecule has 0 unspecified atom stereocenters. The van der Waals surface area contributed by atoms with Gasteiger partial charge in [0, 0.05) is 18.1 Å². The highest BCUT2D eigenvalue weighted by molar-refractivity contribution is 9.10. The quantitative estimate of drug-likeness (QED) is 0.912. The number of rotatable bonds is 4. The Balaban J connectivity index is 2.27. The Labute approximate surface area is 127 Å². The molecule has 108 valence electrons. The van der Waals surface area contributed by atoms with Gasteiger partial charge in [0.2, 0.25) is 10.0 Å². The van der Waals surface area contributed by atoms with E-state index < -0.39 is 10.0 Å². The molecule has 20 heavy (non-hydrogen) atoms. The first-order valence-electron chi connectivity index (χ1n) is 6.06. The first-order valence-corrected chi connectivity index (χ1v) is 8.34. The van der Waals surface area contributed by atoms with Crippen LogP contribution < -0.4 is 4.72 Å². The summed E-state index contributed by atoms with van der Waals surface area (Å²) in [5.74, 6) is 0. The van der Waals surface area contributed by atoms with Gasteiger partial charge in [-0.1, -0.05) is 34.1 Å². The number of sulfonamides is 1. The molecule has 0 aliphatic rings. The predicted octanol–water partition coefficient (Wildman–Crippen LogP) is 2.28. The predicted molar refractivity (Wildman–Crippen MR) is 80.8 cm³/mol. The zero-order chi connectivity index (χ0) is 14.9. The van der Waals surface area contributed by atoms with Gasteiger partial charge in [0.25, 0.3) is 0 Å². The largest absolute Gasteiger partial charge is 0.271 e. The van der Waals surface area contributed by atoms with Crippen LogP contribution in [0.5, 0.6) is 0 Å². The van der Waals surface area contributed by atoms with Crippen molar-refractivity contribution in [2.75, 3.05) is 0 Å². The lowest BCUT2D eigenvalue weighted by atomic mass is 10.2. The number of hydrogen-bond donors (Lipinski definition) is 1. The van der Waals surface area contributed by atoms with Crippen molar-refractivity contribution in [3.05, 3.63) is 45.7 Å². The summed E-state index contributed by atoms with van der Waals surface area (Å²) in [4.78, 5) is 0.257. The van der Waals surface area contributed by atoms with Gasteiger partial charge in [0.05, 0.1) is 11.4 Å². The summed E-state index contributed by atoms with van der Waals surface area (Å²) in [5.41, 5.74) is 2.02. The van der Waals surface area contributed by atoms with Crippen LogP contribution in [0.4, 0.5) is 0 Å². The summed E-state index contributed by atoms with van der Waals surface area (Å²) in [6.07, 6.45) is 0. The third-order valence-corrected chi connectivity index (χ3v) is 5.55. The number of halogens is 1. The third-order valence-electron chi connectivity index (χ3n) is 3.12. The minimum absolute atomic E-state index is 0.234. The van der Waals surface area contributed by atoms with Crippen LogP contribution in [0.2, 0.25) is 0 Å². The third kappa shape index (κ3) is 2.94. The molecule has 0 fully saturated rings. The second kappa shape index (κ2) is 5.67. The van der Waals surface area contributed by atoms with Crippen LogP contribution in [0.3, 0.4) is 0 Å². The smallest absolute Gasteiger partial charge is 0.244 e. The summed E-state index contributed by atoms with van der Waals surface area (Å²) in [5, 5.41) is 4.14. The Hall–Kier alpha value is -1.18. The molecule has 0 amide bonds. The van der Waals surface area contributed by atoms with Gasteiger partial charge in [0.15, 0.2) is 0 Å². The Morgan fingerprint density at radius 1 is 1.30 bits per heavy atom. The van der Waals surface area contributed by atoms with Gasteiger partial charge >= 0.3 is 0 Å². The minimum Gasteiger partial charge on any atom is -0.271 e. The molecule has 1 heterocycles. The summed E-state index contributed by atoms with van der Waals surface area (Å²) < 4.78 is 29.8. The van der Waals surface area contributed by atoms with E-state index in [1.54, 1.807) is 25.6 Å². The highest BCUT2D eigenvalue weighted by Crippen LogP contribution is 2.20. The number of aromatic nitrogens is 2. The van der Waals surface area contributed by atoms with Gasteiger partial charge in [0.1, 0.15) is 4.90 Å². The molecule has 1 N–H and O–H groups in total. The van der Waals surface area contributed by atoms with Crippen molar-refractivity contribution in [2.45, 2.75) is 25.3 Å². The molecule has 0 saturated heterocycles. The van der Waals surface area contributed by atoms with Crippen LogP contribution in [0.15, 0.2) is 33.6 Å². The molecule has 1 aromatic carbocycles. The Bertz CT molecular complexity index is 738. The first kappa shape index (κ1) is 15.2. The molecule has 0 atom stereocenters. The topological polar surface area (TPSA) is 64.0 Å². The molecule has 0 radical (unpaired) electrons. The molecule has 0 aliphatic carbocycles. The van der Waals surface area contributed by atoms with Crippen LogP contribution in [0, 0.1) is 13.8 Å². The van der Waals surface area contributed by atoms with Crippen LogP contribution in [0.1, 0.15) is 17.0 Å². The van der Waals surface area contributed by atoms with Crippen molar-refractivity contribution < 1.29 is 8.42 Å². The molecular formula is C13H16BrN3O2S. The van der Waals surface area contributed by atoms with E-state index in [-0.39, 0.29) is 11.4 Å². The molecule has 0 aliphatic heterocycles. The number of nitrogens with one attached hydrogen (secondary N) is 1. The van der Waals surface area contributed by atoms with Crippen LogP contribution in [0.25, 0.3) is 0 Å². The average Bonchev–Trinajstić information content (AvgIpc) is 2.62. The van der Waals surface area contributed by atoms with E-state index in [1.165, 1.54) is 0 Å². The zero-order valence-electron chi connectivity index (χ0n) is 11.5. The van der Waals surface area contributed by atoms with E-state index in [9.17, 15) is 8.42 Å². The van der Waals surface area contributed by atoms with Gasteiger partial charge in [-0.3, -0.25) is 4.68 Å². The normalized spacial score (nSPS) is 11.8. The lowest BCUT2D eigenvalue weighted by Crippen LogP contribution is -2.24. The second-order valence-corrected chi connectivity index (χ2v) is 7.10. The summed E-state index contributed by atoms with van der Waals surface area (Å²) in [6.45, 7) is 3.67. The summed E-state index contributed by atoms with van der Waals surface area (Å²) in [6, 6.07) is 7.51. The van der Waals surface area contributed by atoms with Gasteiger partial charge < -0.3 is 0 Å². The van der Waals surface area contributed by atoms with Crippen molar-refractivity contribution in [1.82, 2.24) is 14.5 Å². The molecular weight excluding hydrogens is 342 g/mol. The Morgan fingerprint density at radius 3 is 2.50 bits per heavy atom. The fourth-order valence-electron chi connectivity index (χ4n) is 2.03. The minimum atomic E-state index is -3.57. The van der Waals surface area contributed by atoms with Crippen molar-refractivity contribution in [1.29, 1.82) is 0 Å². The fraction of sp³-hybridized carbons (Fsp3) is 0.308. The van der Waals surface area contributed by atoms with Gasteiger partial charge in [-0.25, -0.2) is 13.1 Å². The first-order chi connectivity index (χ1) is 9.33. The van der Waals surface area contributed by atoms with Crippen molar-refractivity contribution in [3.63, 3.8) is 0 Å². The maximum absolute atomic E-state index is 12.4. The van der Waals surface area contributed by atoms with Gasteiger partial charge in [-0.15, -0.1) is 0 Å². The SMILES string of the molecule is Cc1nn(C)c(C)c1S(=O)(=O)NCc1ccccc1Br. The summed E-state index contributed by atoms with van der Waals surface area (Å²) >= 11 is 3.40. The molecule has 0 bridgehead atoms. The van der Waals surface area contributed by atoms with Gasteiger partial charge in [-0.05, 0) is 25.5 Å². The van der Waals surface area contributed by atoms with Crippen LogP contribution >= 0.6 is 15.9 Å². The Kier molecular flexibility index (Phi) is 4.31. The van der Waals surface area contributed by atoms with E-state index >= 15 is 0 Å². The van der Waals surface area contributed by atoms with E-state index in [0.29, 0.717) is 11.4 Å².